The third-order valence-electron chi connectivity index (χ3n) is 5.53. The van der Waals surface area contributed by atoms with Gasteiger partial charge in [-0.1, -0.05) is 42.8 Å². The van der Waals surface area contributed by atoms with Crippen molar-refractivity contribution in [1.82, 2.24) is 10.2 Å². The molecule has 8 heteroatoms. The number of hydrogen-bond acceptors (Lipinski definition) is 4. The Morgan fingerprint density at radius 3 is 2.25 bits per heavy atom. The summed E-state index contributed by atoms with van der Waals surface area (Å²) in [4.78, 5) is 27.5. The molecule has 0 bridgehead atoms. The average Bonchev–Trinajstić information content (AvgIpc) is 2.72. The van der Waals surface area contributed by atoms with Gasteiger partial charge in [-0.15, -0.1) is 0 Å². The Kier molecular flexibility index (Phi) is 8.44. The third-order valence-corrected chi connectivity index (χ3v) is 6.67. The van der Waals surface area contributed by atoms with Crippen LogP contribution < -0.4 is 9.62 Å². The average molecular weight is 460 g/mol. The number of benzene rings is 2. The van der Waals surface area contributed by atoms with Crippen LogP contribution in [-0.4, -0.2) is 51.0 Å². The number of anilines is 1. The number of carbonyl (C=O) groups is 2. The predicted molar refractivity (Wildman–Crippen MR) is 128 cm³/mol. The van der Waals surface area contributed by atoms with Gasteiger partial charge in [-0.05, 0) is 56.0 Å². The maximum Gasteiger partial charge on any atom is 0.244 e. The fourth-order valence-corrected chi connectivity index (χ4v) is 4.43. The summed E-state index contributed by atoms with van der Waals surface area (Å²) in [5.41, 5.74) is 4.29. The minimum absolute atomic E-state index is 0.205. The minimum Gasteiger partial charge on any atom is -0.357 e. The van der Waals surface area contributed by atoms with Gasteiger partial charge in [0.05, 0.1) is 11.9 Å². The number of hydrogen-bond donors (Lipinski definition) is 1. The Bertz CT molecular complexity index is 1080. The molecular weight excluding hydrogens is 426 g/mol. The smallest absolute Gasteiger partial charge is 0.244 e. The van der Waals surface area contributed by atoms with Crippen LogP contribution in [0.25, 0.3) is 0 Å². The third kappa shape index (κ3) is 6.32. The summed E-state index contributed by atoms with van der Waals surface area (Å²) in [7, 11) is -2.20. The summed E-state index contributed by atoms with van der Waals surface area (Å²) < 4.78 is 26.3. The van der Waals surface area contributed by atoms with E-state index in [2.05, 4.69) is 5.32 Å². The number of carbonyl (C=O) groups excluding carboxylic acids is 2. The summed E-state index contributed by atoms with van der Waals surface area (Å²) in [5, 5.41) is 2.61. The molecule has 0 heterocycles. The van der Waals surface area contributed by atoms with E-state index in [9.17, 15) is 18.0 Å². The highest BCUT2D eigenvalue weighted by molar-refractivity contribution is 7.92. The molecule has 7 nitrogen and oxygen atoms in total. The lowest BCUT2D eigenvalue weighted by Gasteiger charge is -2.32. The Labute approximate surface area is 191 Å². The Balaban J connectivity index is 2.45. The fourth-order valence-electron chi connectivity index (χ4n) is 3.59. The Hall–Kier alpha value is -2.87. The molecule has 0 radical (unpaired) electrons. The molecule has 174 valence electrons. The van der Waals surface area contributed by atoms with Crippen LogP contribution in [0.4, 0.5) is 5.69 Å². The highest BCUT2D eigenvalue weighted by atomic mass is 32.2. The normalized spacial score (nSPS) is 12.2. The van der Waals surface area contributed by atoms with E-state index in [0.717, 1.165) is 32.8 Å². The van der Waals surface area contributed by atoms with Gasteiger partial charge in [0.25, 0.3) is 0 Å². The molecule has 2 rings (SSSR count). The summed E-state index contributed by atoms with van der Waals surface area (Å²) in [6.07, 6.45) is 1.48. The van der Waals surface area contributed by atoms with Gasteiger partial charge in [-0.3, -0.25) is 13.9 Å². The molecule has 2 aromatic rings. The molecule has 2 amide bonds. The number of aryl methyl sites for hydroxylation is 3. The van der Waals surface area contributed by atoms with Crippen LogP contribution in [-0.2, 0) is 26.2 Å². The summed E-state index contributed by atoms with van der Waals surface area (Å²) in [5.74, 6) is -0.726. The SMILES string of the molecule is CCC(C(=O)NC)N(Cc1cccc(C)c1)C(=O)CN(c1ccc(C)c(C)c1)S(C)(=O)=O. The van der Waals surface area contributed by atoms with Crippen LogP contribution in [0, 0.1) is 20.8 Å². The maximum absolute atomic E-state index is 13.5. The van der Waals surface area contributed by atoms with Crippen molar-refractivity contribution >= 4 is 27.5 Å². The van der Waals surface area contributed by atoms with E-state index in [1.54, 1.807) is 12.1 Å². The minimum atomic E-state index is -3.73. The zero-order valence-electron chi connectivity index (χ0n) is 19.7. The first kappa shape index (κ1) is 25.4. The summed E-state index contributed by atoms with van der Waals surface area (Å²) >= 11 is 0. The lowest BCUT2D eigenvalue weighted by atomic mass is 10.1. The molecule has 0 spiro atoms. The monoisotopic (exact) mass is 459 g/mol. The van der Waals surface area contributed by atoms with Crippen molar-refractivity contribution in [1.29, 1.82) is 0 Å². The molecule has 32 heavy (non-hydrogen) atoms. The molecule has 1 N–H and O–H groups in total. The van der Waals surface area contributed by atoms with Gasteiger partial charge in [0.15, 0.2) is 0 Å². The molecular formula is C24H33N3O4S. The van der Waals surface area contributed by atoms with Gasteiger partial charge in [-0.2, -0.15) is 0 Å². The largest absolute Gasteiger partial charge is 0.357 e. The predicted octanol–water partition coefficient (Wildman–Crippen LogP) is 2.93. The number of sulfonamides is 1. The van der Waals surface area contributed by atoms with E-state index < -0.39 is 22.0 Å². The molecule has 0 aliphatic rings. The molecule has 0 aromatic heterocycles. The van der Waals surface area contributed by atoms with Gasteiger partial charge in [0, 0.05) is 13.6 Å². The standard InChI is InChI=1S/C24H33N3O4S/c1-7-22(24(29)25-5)26(15-20-10-8-9-17(2)13-20)23(28)16-27(32(6,30)31)21-12-11-18(3)19(4)14-21/h8-14,22H,7,15-16H2,1-6H3,(H,25,29). The fraction of sp³-hybridized carbons (Fsp3) is 0.417. The quantitative estimate of drug-likeness (QED) is 0.625. The number of nitrogens with one attached hydrogen (secondary N) is 1. The molecule has 0 aliphatic heterocycles. The Morgan fingerprint density at radius 1 is 1.03 bits per heavy atom. The summed E-state index contributed by atoms with van der Waals surface area (Å²) in [6, 6.07) is 12.3. The van der Waals surface area contributed by atoms with Gasteiger partial charge in [-0.25, -0.2) is 8.42 Å². The zero-order chi connectivity index (χ0) is 24.1. The molecule has 2 aromatic carbocycles. The second kappa shape index (κ2) is 10.6. The zero-order valence-corrected chi connectivity index (χ0v) is 20.5. The summed E-state index contributed by atoms with van der Waals surface area (Å²) in [6.45, 7) is 7.43. The highest BCUT2D eigenvalue weighted by Crippen LogP contribution is 2.22. The van der Waals surface area contributed by atoms with E-state index in [1.807, 2.05) is 58.0 Å². The number of rotatable bonds is 9. The van der Waals surface area contributed by atoms with Crippen LogP contribution >= 0.6 is 0 Å². The van der Waals surface area contributed by atoms with E-state index in [4.69, 9.17) is 0 Å². The van der Waals surface area contributed by atoms with Crippen molar-refractivity contribution in [2.24, 2.45) is 0 Å². The van der Waals surface area contributed by atoms with Crippen molar-refractivity contribution < 1.29 is 18.0 Å². The van der Waals surface area contributed by atoms with E-state index >= 15 is 0 Å². The van der Waals surface area contributed by atoms with Gasteiger partial charge in [0.2, 0.25) is 21.8 Å². The molecule has 0 aliphatic carbocycles. The van der Waals surface area contributed by atoms with Crippen LogP contribution in [0.3, 0.4) is 0 Å². The van der Waals surface area contributed by atoms with Crippen molar-refractivity contribution in [3.8, 4) is 0 Å². The number of amides is 2. The lowest BCUT2D eigenvalue weighted by Crippen LogP contribution is -2.51. The van der Waals surface area contributed by atoms with Crippen LogP contribution in [0.2, 0.25) is 0 Å². The second-order valence-corrected chi connectivity index (χ2v) is 9.99. The van der Waals surface area contributed by atoms with Gasteiger partial charge >= 0.3 is 0 Å². The van der Waals surface area contributed by atoms with Gasteiger partial charge in [0.1, 0.15) is 12.6 Å². The van der Waals surface area contributed by atoms with Crippen molar-refractivity contribution in [3.63, 3.8) is 0 Å². The van der Waals surface area contributed by atoms with E-state index in [1.165, 1.54) is 11.9 Å². The number of nitrogens with zero attached hydrogens (tertiary/aromatic N) is 2. The van der Waals surface area contributed by atoms with Crippen LogP contribution in [0.1, 0.15) is 35.6 Å². The second-order valence-electron chi connectivity index (χ2n) is 8.09. The first-order valence-electron chi connectivity index (χ1n) is 10.6. The lowest BCUT2D eigenvalue weighted by molar-refractivity contribution is -0.140. The Morgan fingerprint density at radius 2 is 1.72 bits per heavy atom. The van der Waals surface area contributed by atoms with Crippen LogP contribution in [0.5, 0.6) is 0 Å². The molecule has 1 atom stereocenters. The van der Waals surface area contributed by atoms with E-state index in [0.29, 0.717) is 12.1 Å². The first-order valence-corrected chi connectivity index (χ1v) is 12.4. The molecule has 0 saturated carbocycles. The van der Waals surface area contributed by atoms with Crippen molar-refractivity contribution in [2.45, 2.75) is 46.7 Å². The van der Waals surface area contributed by atoms with E-state index in [-0.39, 0.29) is 19.0 Å². The topological polar surface area (TPSA) is 86.8 Å². The van der Waals surface area contributed by atoms with Crippen molar-refractivity contribution in [2.75, 3.05) is 24.2 Å². The molecule has 1 unspecified atom stereocenters. The molecule has 0 saturated heterocycles. The van der Waals surface area contributed by atoms with Crippen LogP contribution in [0.15, 0.2) is 42.5 Å². The first-order chi connectivity index (χ1) is 15.0. The highest BCUT2D eigenvalue weighted by Gasteiger charge is 2.31. The number of likely N-dealkylation sites (N-methyl/N-ethyl adjacent to an activating group) is 1. The maximum atomic E-state index is 13.5. The van der Waals surface area contributed by atoms with Crippen molar-refractivity contribution in [3.05, 3.63) is 64.7 Å². The molecule has 0 fully saturated rings. The van der Waals surface area contributed by atoms with Gasteiger partial charge < -0.3 is 10.2 Å².